The number of halogens is 1. The average Bonchev–Trinajstić information content (AvgIpc) is 2.29. The Labute approximate surface area is 137 Å². The largest absolute Gasteiger partial charge is 2.00 e. The van der Waals surface area contributed by atoms with E-state index in [4.69, 9.17) is 9.47 Å². The topological polar surface area (TPSA) is 18.5 Å². The third-order valence-electron chi connectivity index (χ3n) is 2.56. The summed E-state index contributed by atoms with van der Waals surface area (Å²) in [7, 11) is 0. The Hall–Kier alpha value is 0.0662. The molecular weight excluding hydrogens is 304 g/mol. The van der Waals surface area contributed by atoms with Crippen molar-refractivity contribution in [3.05, 3.63) is 24.3 Å². The minimum Gasteiger partial charge on any atom is -1.00 e. The van der Waals surface area contributed by atoms with E-state index >= 15 is 0 Å². The molecular formula is C14H21BrMgO2. The molecule has 0 saturated heterocycles. The summed E-state index contributed by atoms with van der Waals surface area (Å²) < 4.78 is 11.4. The van der Waals surface area contributed by atoms with E-state index < -0.39 is 0 Å². The van der Waals surface area contributed by atoms with Crippen molar-refractivity contribution in [3.63, 3.8) is 0 Å². The second-order valence-corrected chi connectivity index (χ2v) is 4.06. The zero-order chi connectivity index (χ0) is 12.0. The van der Waals surface area contributed by atoms with Crippen LogP contribution in [0.25, 0.3) is 0 Å². The van der Waals surface area contributed by atoms with Gasteiger partial charge < -0.3 is 26.5 Å². The first-order valence-electron chi connectivity index (χ1n) is 6.00. The van der Waals surface area contributed by atoms with Crippen LogP contribution >= 0.6 is 0 Å². The molecule has 18 heavy (non-hydrogen) atoms. The van der Waals surface area contributed by atoms with Gasteiger partial charge in [0.1, 0.15) is 0 Å². The smallest absolute Gasteiger partial charge is 1.00 e. The molecule has 0 aliphatic rings. The Morgan fingerprint density at radius 2 is 1.67 bits per heavy atom. The van der Waals surface area contributed by atoms with E-state index in [-0.39, 0.29) is 52.2 Å². The average molecular weight is 326 g/mol. The van der Waals surface area contributed by atoms with Crippen LogP contribution in [0.3, 0.4) is 0 Å². The Kier molecular flexibility index (Phi) is 12.4. The van der Waals surface area contributed by atoms with Crippen LogP contribution in [0.2, 0.25) is 0 Å². The molecule has 0 aliphatic heterocycles. The van der Waals surface area contributed by atoms with Crippen LogP contribution in [0.5, 0.6) is 11.5 Å². The second kappa shape index (κ2) is 10.9. The molecule has 2 atom stereocenters. The SMILES string of the molecule is CCC(C)Oc1[c-]ccc(OC(C)CC)c1.[Br-].[Mg+2]. The standard InChI is InChI=1S/C14H21O2.BrH.Mg/c1-5-11(3)15-13-8-7-9-14(10-13)16-12(4)6-2;;/h7-8,10-12H,5-6H2,1-4H3;1H;/q-1;;+2/p-1. The van der Waals surface area contributed by atoms with Crippen molar-refractivity contribution in [3.8, 4) is 11.5 Å². The fourth-order valence-electron chi connectivity index (χ4n) is 1.18. The van der Waals surface area contributed by atoms with Crippen LogP contribution in [-0.2, 0) is 0 Å². The Bertz CT molecular complexity index is 293. The molecule has 1 rings (SSSR count). The zero-order valence-electron chi connectivity index (χ0n) is 11.7. The molecule has 2 nitrogen and oxygen atoms in total. The van der Waals surface area contributed by atoms with Gasteiger partial charge in [-0.1, -0.05) is 19.9 Å². The molecule has 0 N–H and O–H groups in total. The fraction of sp³-hybridized carbons (Fsp3) is 0.571. The van der Waals surface area contributed by atoms with Gasteiger partial charge >= 0.3 is 23.1 Å². The molecule has 98 valence electrons. The number of benzene rings is 1. The van der Waals surface area contributed by atoms with Crippen LogP contribution in [0.15, 0.2) is 18.2 Å². The molecule has 0 amide bonds. The molecule has 4 heteroatoms. The molecule has 1 aromatic carbocycles. The van der Waals surface area contributed by atoms with Gasteiger partial charge in [0.2, 0.25) is 0 Å². The number of ether oxygens (including phenoxy) is 2. The van der Waals surface area contributed by atoms with Crippen LogP contribution in [0, 0.1) is 6.07 Å². The van der Waals surface area contributed by atoms with Crippen molar-refractivity contribution in [1.82, 2.24) is 0 Å². The maximum atomic E-state index is 5.72. The summed E-state index contributed by atoms with van der Waals surface area (Å²) in [5.74, 6) is 1.61. The number of rotatable bonds is 6. The fourth-order valence-corrected chi connectivity index (χ4v) is 1.18. The molecule has 2 unspecified atom stereocenters. The van der Waals surface area contributed by atoms with Gasteiger partial charge in [0.25, 0.3) is 0 Å². The molecule has 0 aromatic heterocycles. The van der Waals surface area contributed by atoms with Crippen LogP contribution in [-0.4, -0.2) is 35.3 Å². The zero-order valence-corrected chi connectivity index (χ0v) is 14.7. The first-order chi connectivity index (χ1) is 7.65. The van der Waals surface area contributed by atoms with Crippen molar-refractivity contribution >= 4 is 23.1 Å². The van der Waals surface area contributed by atoms with Crippen LogP contribution in [0.1, 0.15) is 40.5 Å². The normalized spacial score (nSPS) is 12.7. The maximum absolute atomic E-state index is 5.72. The van der Waals surface area contributed by atoms with E-state index in [9.17, 15) is 0 Å². The predicted molar refractivity (Wildman–Crippen MR) is 71.8 cm³/mol. The van der Waals surface area contributed by atoms with Crippen LogP contribution < -0.4 is 26.5 Å². The number of hydrogen-bond donors (Lipinski definition) is 0. The minimum atomic E-state index is 0. The van der Waals surface area contributed by atoms with Crippen molar-refractivity contribution in [2.75, 3.05) is 0 Å². The monoisotopic (exact) mass is 324 g/mol. The minimum absolute atomic E-state index is 0. The first kappa shape index (κ1) is 20.4. The molecule has 0 fully saturated rings. The van der Waals surface area contributed by atoms with Gasteiger partial charge in [0, 0.05) is 11.5 Å². The summed E-state index contributed by atoms with van der Waals surface area (Å²) >= 11 is 0. The van der Waals surface area contributed by atoms with Gasteiger partial charge in [-0.05, 0) is 26.7 Å². The Morgan fingerprint density at radius 1 is 1.11 bits per heavy atom. The summed E-state index contributed by atoms with van der Waals surface area (Å²) in [6, 6.07) is 8.72. The number of hydrogen-bond acceptors (Lipinski definition) is 2. The van der Waals surface area contributed by atoms with E-state index in [0.29, 0.717) is 0 Å². The first-order valence-corrected chi connectivity index (χ1v) is 6.00. The molecule has 0 bridgehead atoms. The van der Waals surface area contributed by atoms with Gasteiger partial charge in [-0.2, -0.15) is 6.07 Å². The Balaban J connectivity index is 0. The molecule has 0 spiro atoms. The van der Waals surface area contributed by atoms with Gasteiger partial charge in [0.05, 0.1) is 12.2 Å². The predicted octanol–water partition coefficient (Wildman–Crippen LogP) is 0.465. The van der Waals surface area contributed by atoms with Gasteiger partial charge in [0.15, 0.2) is 0 Å². The molecule has 1 aromatic rings. The van der Waals surface area contributed by atoms with E-state index in [0.717, 1.165) is 24.3 Å². The molecule has 0 aliphatic carbocycles. The van der Waals surface area contributed by atoms with E-state index in [1.165, 1.54) is 0 Å². The summed E-state index contributed by atoms with van der Waals surface area (Å²) in [5, 5.41) is 0. The van der Waals surface area contributed by atoms with Gasteiger partial charge in [-0.15, -0.1) is 12.1 Å². The maximum Gasteiger partial charge on any atom is 2.00 e. The quantitative estimate of drug-likeness (QED) is 0.559. The van der Waals surface area contributed by atoms with Gasteiger partial charge in [-0.3, -0.25) is 0 Å². The second-order valence-electron chi connectivity index (χ2n) is 4.06. The molecule has 0 radical (unpaired) electrons. The van der Waals surface area contributed by atoms with Crippen molar-refractivity contribution in [1.29, 1.82) is 0 Å². The van der Waals surface area contributed by atoms with Crippen molar-refractivity contribution < 1.29 is 26.5 Å². The third kappa shape index (κ3) is 7.49. The molecule has 0 heterocycles. The van der Waals surface area contributed by atoms with E-state index in [1.807, 2.05) is 18.2 Å². The summed E-state index contributed by atoms with van der Waals surface area (Å²) in [5.41, 5.74) is 0. The molecule has 0 saturated carbocycles. The third-order valence-corrected chi connectivity index (χ3v) is 2.56. The summed E-state index contributed by atoms with van der Waals surface area (Å²) in [4.78, 5) is 0. The Morgan fingerprint density at radius 3 is 2.22 bits per heavy atom. The van der Waals surface area contributed by atoms with Crippen molar-refractivity contribution in [2.45, 2.75) is 52.7 Å². The van der Waals surface area contributed by atoms with E-state index in [2.05, 4.69) is 33.8 Å². The summed E-state index contributed by atoms with van der Waals surface area (Å²) in [6.07, 6.45) is 2.44. The van der Waals surface area contributed by atoms with Gasteiger partial charge in [-0.25, -0.2) is 0 Å². The van der Waals surface area contributed by atoms with Crippen LogP contribution in [0.4, 0.5) is 0 Å². The van der Waals surface area contributed by atoms with E-state index in [1.54, 1.807) is 0 Å². The van der Waals surface area contributed by atoms with Crippen molar-refractivity contribution in [2.24, 2.45) is 0 Å². The summed E-state index contributed by atoms with van der Waals surface area (Å²) in [6.45, 7) is 8.32.